The molecule has 2 saturated carbocycles. The molecule has 2 amide bonds. The standard InChI is InChI=1S/C18H14N2O2/c19-8-9-3-1-2-4-14(9)20-17(21)15-10-5-6-11(13-7-12(10)13)16(15)18(20)22/h1-6,10-13,15-16H,7H2/t10-,11-,12-,13-,15+,16+/m0/s1. The fraction of sp³-hybridized carbons (Fsp3) is 0.389. The molecule has 4 nitrogen and oxygen atoms in total. The van der Waals surface area contributed by atoms with E-state index in [1.54, 1.807) is 24.3 Å². The van der Waals surface area contributed by atoms with Crippen LogP contribution in [0.5, 0.6) is 0 Å². The molecule has 6 rings (SSSR count). The number of carbonyl (C=O) groups excluding carboxylic acids is 2. The molecule has 4 heteroatoms. The third kappa shape index (κ3) is 1.28. The lowest BCUT2D eigenvalue weighted by Crippen LogP contribution is -2.40. The number of nitrogens with zero attached hydrogens (tertiary/aromatic N) is 2. The zero-order chi connectivity index (χ0) is 15.0. The van der Waals surface area contributed by atoms with Gasteiger partial charge in [0.1, 0.15) is 6.07 Å². The van der Waals surface area contributed by atoms with Crippen molar-refractivity contribution in [2.75, 3.05) is 4.90 Å². The van der Waals surface area contributed by atoms with Gasteiger partial charge in [0.05, 0.1) is 23.1 Å². The number of imide groups is 1. The summed E-state index contributed by atoms with van der Waals surface area (Å²) in [7, 11) is 0. The quantitative estimate of drug-likeness (QED) is 0.588. The summed E-state index contributed by atoms with van der Waals surface area (Å²) in [6.07, 6.45) is 5.47. The SMILES string of the molecule is N#Cc1ccccc1N1C(=O)[C@@H]2[C@H]3C=C[C@@H]([C@@H]4C[C@@H]34)[C@H]2C1=O. The van der Waals surface area contributed by atoms with Crippen LogP contribution >= 0.6 is 0 Å². The molecule has 108 valence electrons. The van der Waals surface area contributed by atoms with Gasteiger partial charge in [0, 0.05) is 0 Å². The average Bonchev–Trinajstić information content (AvgIpc) is 3.32. The van der Waals surface area contributed by atoms with Crippen LogP contribution in [0.4, 0.5) is 5.69 Å². The molecular weight excluding hydrogens is 276 g/mol. The molecular formula is C18H14N2O2. The number of allylic oxidation sites excluding steroid dienone is 2. The van der Waals surface area contributed by atoms with E-state index in [0.717, 1.165) is 6.42 Å². The minimum atomic E-state index is -0.210. The molecule has 0 unspecified atom stereocenters. The van der Waals surface area contributed by atoms with Gasteiger partial charge in [-0.2, -0.15) is 5.26 Å². The van der Waals surface area contributed by atoms with E-state index in [-0.39, 0.29) is 35.5 Å². The van der Waals surface area contributed by atoms with Crippen molar-refractivity contribution in [3.05, 3.63) is 42.0 Å². The number of amides is 2. The molecule has 5 aliphatic rings. The number of anilines is 1. The van der Waals surface area contributed by atoms with E-state index in [2.05, 4.69) is 18.2 Å². The summed E-state index contributed by atoms with van der Waals surface area (Å²) in [5.74, 6) is 0.991. The van der Waals surface area contributed by atoms with E-state index in [1.165, 1.54) is 4.90 Å². The first-order valence-electron chi connectivity index (χ1n) is 7.77. The summed E-state index contributed by atoms with van der Waals surface area (Å²) in [5.41, 5.74) is 0.829. The first kappa shape index (κ1) is 12.2. The monoisotopic (exact) mass is 290 g/mol. The van der Waals surface area contributed by atoms with Gasteiger partial charge in [0.25, 0.3) is 0 Å². The Bertz CT molecular complexity index is 755. The second-order valence-electron chi connectivity index (χ2n) is 6.80. The van der Waals surface area contributed by atoms with Crippen molar-refractivity contribution in [1.82, 2.24) is 0 Å². The lowest BCUT2D eigenvalue weighted by atomic mass is 9.63. The molecule has 1 aromatic carbocycles. The van der Waals surface area contributed by atoms with Gasteiger partial charge in [0.2, 0.25) is 11.8 Å². The minimum absolute atomic E-state index is 0.109. The number of hydrogen-bond donors (Lipinski definition) is 0. The summed E-state index contributed by atoms with van der Waals surface area (Å²) in [4.78, 5) is 27.2. The van der Waals surface area contributed by atoms with Crippen LogP contribution in [-0.4, -0.2) is 11.8 Å². The predicted molar refractivity (Wildman–Crippen MR) is 78.3 cm³/mol. The Hall–Kier alpha value is -2.41. The van der Waals surface area contributed by atoms with Crippen molar-refractivity contribution in [1.29, 1.82) is 5.26 Å². The Morgan fingerprint density at radius 2 is 1.59 bits per heavy atom. The second-order valence-corrected chi connectivity index (χ2v) is 6.80. The molecule has 1 heterocycles. The molecule has 0 N–H and O–H groups in total. The predicted octanol–water partition coefficient (Wildman–Crippen LogP) is 2.12. The van der Waals surface area contributed by atoms with E-state index in [9.17, 15) is 14.9 Å². The Morgan fingerprint density at radius 3 is 2.18 bits per heavy atom. The molecule has 22 heavy (non-hydrogen) atoms. The number of para-hydroxylation sites is 1. The third-order valence-corrected chi connectivity index (χ3v) is 5.93. The van der Waals surface area contributed by atoms with E-state index >= 15 is 0 Å². The van der Waals surface area contributed by atoms with Crippen LogP contribution in [0.15, 0.2) is 36.4 Å². The van der Waals surface area contributed by atoms with Crippen molar-refractivity contribution in [3.63, 3.8) is 0 Å². The van der Waals surface area contributed by atoms with Crippen molar-refractivity contribution in [2.45, 2.75) is 6.42 Å². The highest BCUT2D eigenvalue weighted by molar-refractivity contribution is 6.23. The van der Waals surface area contributed by atoms with E-state index < -0.39 is 0 Å². The van der Waals surface area contributed by atoms with Crippen LogP contribution in [0.2, 0.25) is 0 Å². The lowest BCUT2D eigenvalue weighted by Gasteiger charge is -2.37. The number of benzene rings is 1. The van der Waals surface area contributed by atoms with Gasteiger partial charge in [-0.25, -0.2) is 4.90 Å². The van der Waals surface area contributed by atoms with E-state index in [4.69, 9.17) is 0 Å². The fourth-order valence-electron chi connectivity index (χ4n) is 4.96. The topological polar surface area (TPSA) is 61.2 Å². The molecule has 0 radical (unpaired) electrons. The molecule has 0 aromatic heterocycles. The number of rotatable bonds is 1. The van der Waals surface area contributed by atoms with Crippen molar-refractivity contribution in [2.24, 2.45) is 35.5 Å². The fourth-order valence-corrected chi connectivity index (χ4v) is 4.96. The van der Waals surface area contributed by atoms with Crippen LogP contribution < -0.4 is 4.90 Å². The van der Waals surface area contributed by atoms with Crippen LogP contribution in [0.25, 0.3) is 0 Å². The maximum absolute atomic E-state index is 12.9. The number of nitriles is 1. The molecule has 1 aliphatic heterocycles. The van der Waals surface area contributed by atoms with Gasteiger partial charge < -0.3 is 0 Å². The third-order valence-electron chi connectivity index (χ3n) is 5.93. The van der Waals surface area contributed by atoms with Crippen LogP contribution in [-0.2, 0) is 9.59 Å². The van der Waals surface area contributed by atoms with Gasteiger partial charge in [0.15, 0.2) is 0 Å². The molecule has 1 saturated heterocycles. The molecule has 3 fully saturated rings. The Kier molecular flexibility index (Phi) is 2.14. The second kappa shape index (κ2) is 3.86. The van der Waals surface area contributed by atoms with Crippen molar-refractivity contribution >= 4 is 17.5 Å². The zero-order valence-electron chi connectivity index (χ0n) is 11.8. The maximum Gasteiger partial charge on any atom is 0.238 e. The maximum atomic E-state index is 12.9. The molecule has 6 atom stereocenters. The van der Waals surface area contributed by atoms with E-state index in [0.29, 0.717) is 23.1 Å². The molecule has 2 bridgehead atoms. The number of carbonyl (C=O) groups is 2. The summed E-state index contributed by atoms with van der Waals surface area (Å²) in [5, 5.41) is 9.26. The Labute approximate surface area is 128 Å². The summed E-state index contributed by atoms with van der Waals surface area (Å²) in [6, 6.07) is 8.96. The summed E-state index contributed by atoms with van der Waals surface area (Å²) >= 11 is 0. The lowest BCUT2D eigenvalue weighted by molar-refractivity contribution is -0.124. The molecule has 0 spiro atoms. The molecule has 1 aromatic rings. The number of hydrogen-bond acceptors (Lipinski definition) is 3. The summed E-state index contributed by atoms with van der Waals surface area (Å²) < 4.78 is 0. The highest BCUT2D eigenvalue weighted by Crippen LogP contribution is 2.65. The van der Waals surface area contributed by atoms with Crippen molar-refractivity contribution < 1.29 is 9.59 Å². The van der Waals surface area contributed by atoms with E-state index in [1.807, 2.05) is 0 Å². The summed E-state index contributed by atoms with van der Waals surface area (Å²) in [6.45, 7) is 0. The van der Waals surface area contributed by atoms with Gasteiger partial charge in [-0.15, -0.1) is 0 Å². The van der Waals surface area contributed by atoms with Gasteiger partial charge in [-0.3, -0.25) is 9.59 Å². The largest absolute Gasteiger partial charge is 0.274 e. The van der Waals surface area contributed by atoms with Gasteiger partial charge in [-0.05, 0) is 42.2 Å². The van der Waals surface area contributed by atoms with Gasteiger partial charge >= 0.3 is 0 Å². The van der Waals surface area contributed by atoms with Crippen LogP contribution in [0.1, 0.15) is 12.0 Å². The highest BCUT2D eigenvalue weighted by atomic mass is 16.2. The average molecular weight is 290 g/mol. The highest BCUT2D eigenvalue weighted by Gasteiger charge is 2.67. The zero-order valence-corrected chi connectivity index (χ0v) is 11.8. The Morgan fingerprint density at radius 1 is 1.00 bits per heavy atom. The molecule has 4 aliphatic carbocycles. The van der Waals surface area contributed by atoms with Crippen LogP contribution in [0, 0.1) is 46.8 Å². The normalized spacial score (nSPS) is 40.4. The Balaban J connectivity index is 1.62. The first-order chi connectivity index (χ1) is 10.7. The van der Waals surface area contributed by atoms with Crippen molar-refractivity contribution in [3.8, 4) is 6.07 Å². The smallest absolute Gasteiger partial charge is 0.238 e. The van der Waals surface area contributed by atoms with Gasteiger partial charge in [-0.1, -0.05) is 24.3 Å². The first-order valence-corrected chi connectivity index (χ1v) is 7.77. The minimum Gasteiger partial charge on any atom is -0.274 e. The van der Waals surface area contributed by atoms with Crippen LogP contribution in [0.3, 0.4) is 0 Å².